The van der Waals surface area contributed by atoms with E-state index in [2.05, 4.69) is 0 Å². The molecule has 5 heteroatoms. The molecule has 2 atom stereocenters. The van der Waals surface area contributed by atoms with Crippen LogP contribution in [0.1, 0.15) is 31.4 Å². The van der Waals surface area contributed by atoms with Crippen molar-refractivity contribution in [3.8, 4) is 0 Å². The monoisotopic (exact) mass is 285 g/mol. The Hall–Kier alpha value is -1.04. The van der Waals surface area contributed by atoms with Crippen molar-refractivity contribution in [1.29, 1.82) is 0 Å². The molecule has 0 radical (unpaired) electrons. The molecule has 1 aliphatic heterocycles. The summed E-state index contributed by atoms with van der Waals surface area (Å²) in [6, 6.07) is 3.23. The second-order valence-corrected chi connectivity index (χ2v) is 5.56. The number of hydrogen-bond acceptors (Lipinski definition) is 3. The van der Waals surface area contributed by atoms with Crippen molar-refractivity contribution in [2.75, 3.05) is 19.6 Å². The maximum atomic E-state index is 13.6. The van der Waals surface area contributed by atoms with Crippen molar-refractivity contribution in [1.82, 2.24) is 4.90 Å². The van der Waals surface area contributed by atoms with E-state index in [1.165, 1.54) is 6.07 Å². The Morgan fingerprint density at radius 1 is 1.25 bits per heavy atom. The maximum absolute atomic E-state index is 13.6. The van der Waals surface area contributed by atoms with Gasteiger partial charge in [0.1, 0.15) is 11.6 Å². The van der Waals surface area contributed by atoms with Crippen LogP contribution in [-0.2, 0) is 0 Å². The molecule has 3 nitrogen and oxygen atoms in total. The minimum absolute atomic E-state index is 0.129. The highest BCUT2D eigenvalue weighted by atomic mass is 19.1. The van der Waals surface area contributed by atoms with E-state index in [1.54, 1.807) is 6.92 Å². The van der Waals surface area contributed by atoms with Gasteiger partial charge >= 0.3 is 0 Å². The number of rotatable bonds is 4. The number of hydrogen-bond donors (Lipinski definition) is 2. The summed E-state index contributed by atoms with van der Waals surface area (Å²) in [4.78, 5) is 2.05. The fraction of sp³-hybridized carbons (Fsp3) is 0.600. The van der Waals surface area contributed by atoms with Crippen molar-refractivity contribution in [2.45, 2.75) is 32.0 Å². The van der Waals surface area contributed by atoms with Gasteiger partial charge in [-0.2, -0.15) is 0 Å². The van der Waals surface area contributed by atoms with Crippen LogP contribution in [-0.4, -0.2) is 40.9 Å². The zero-order valence-electron chi connectivity index (χ0n) is 11.6. The van der Waals surface area contributed by atoms with Crippen molar-refractivity contribution >= 4 is 0 Å². The molecular weight excluding hydrogens is 264 g/mol. The van der Waals surface area contributed by atoms with Gasteiger partial charge in [-0.3, -0.25) is 0 Å². The lowest BCUT2D eigenvalue weighted by Gasteiger charge is -2.34. The predicted octanol–water partition coefficient (Wildman–Crippen LogP) is 2.09. The first-order chi connectivity index (χ1) is 9.47. The van der Waals surface area contributed by atoms with E-state index >= 15 is 0 Å². The number of aliphatic hydroxyl groups is 2. The van der Waals surface area contributed by atoms with Gasteiger partial charge in [0.2, 0.25) is 0 Å². The molecule has 112 valence electrons. The molecule has 1 aromatic carbocycles. The lowest BCUT2D eigenvalue weighted by atomic mass is 9.92. The molecule has 1 fully saturated rings. The number of benzene rings is 1. The van der Waals surface area contributed by atoms with E-state index in [-0.39, 0.29) is 11.7 Å². The summed E-state index contributed by atoms with van der Waals surface area (Å²) in [6.07, 6.45) is 0.474. The SMILES string of the molecule is CC(O)C1CCN(CC(O)c2ccc(F)cc2F)CC1. The molecular formula is C15H21F2NO2. The van der Waals surface area contributed by atoms with Crippen LogP contribution < -0.4 is 0 Å². The Morgan fingerprint density at radius 3 is 2.45 bits per heavy atom. The average Bonchev–Trinajstić information content (AvgIpc) is 2.39. The topological polar surface area (TPSA) is 43.7 Å². The zero-order chi connectivity index (χ0) is 14.7. The van der Waals surface area contributed by atoms with Gasteiger partial charge in [0.15, 0.2) is 0 Å². The van der Waals surface area contributed by atoms with Crippen LogP contribution in [0.15, 0.2) is 18.2 Å². The van der Waals surface area contributed by atoms with Crippen molar-refractivity contribution in [2.24, 2.45) is 5.92 Å². The third-order valence-corrected chi connectivity index (χ3v) is 4.07. The second-order valence-electron chi connectivity index (χ2n) is 5.56. The Morgan fingerprint density at radius 2 is 1.90 bits per heavy atom. The van der Waals surface area contributed by atoms with Crippen molar-refractivity contribution in [3.63, 3.8) is 0 Å². The minimum Gasteiger partial charge on any atom is -0.393 e. The van der Waals surface area contributed by atoms with E-state index in [4.69, 9.17) is 0 Å². The van der Waals surface area contributed by atoms with Gasteiger partial charge in [-0.1, -0.05) is 6.07 Å². The number of aliphatic hydroxyl groups excluding tert-OH is 2. The quantitative estimate of drug-likeness (QED) is 0.890. The van der Waals surface area contributed by atoms with Gasteiger partial charge in [0.05, 0.1) is 12.2 Å². The molecule has 1 aliphatic rings. The van der Waals surface area contributed by atoms with Gasteiger partial charge in [0.25, 0.3) is 0 Å². The number of likely N-dealkylation sites (tertiary alicyclic amines) is 1. The summed E-state index contributed by atoms with van der Waals surface area (Å²) < 4.78 is 26.4. The Bertz CT molecular complexity index is 445. The second kappa shape index (κ2) is 6.61. The Balaban J connectivity index is 1.90. The summed E-state index contributed by atoms with van der Waals surface area (Å²) in [5.74, 6) is -1.06. The summed E-state index contributed by atoms with van der Waals surface area (Å²) in [5, 5.41) is 19.6. The van der Waals surface area contributed by atoms with Crippen LogP contribution in [0.3, 0.4) is 0 Å². The van der Waals surface area contributed by atoms with Crippen molar-refractivity contribution in [3.05, 3.63) is 35.4 Å². The van der Waals surface area contributed by atoms with Gasteiger partial charge in [-0.25, -0.2) is 8.78 Å². The summed E-state index contributed by atoms with van der Waals surface area (Å²) >= 11 is 0. The third kappa shape index (κ3) is 3.75. The molecule has 0 saturated carbocycles. The molecule has 0 amide bonds. The van der Waals surface area contributed by atoms with Gasteiger partial charge < -0.3 is 15.1 Å². The summed E-state index contributed by atoms with van der Waals surface area (Å²) in [6.45, 7) is 3.67. The Labute approximate surface area is 117 Å². The fourth-order valence-corrected chi connectivity index (χ4v) is 2.73. The molecule has 1 heterocycles. The highest BCUT2D eigenvalue weighted by Gasteiger charge is 2.25. The first-order valence-corrected chi connectivity index (χ1v) is 7.01. The summed E-state index contributed by atoms with van der Waals surface area (Å²) in [5.41, 5.74) is 0.129. The van der Waals surface area contributed by atoms with Gasteiger partial charge in [0, 0.05) is 18.2 Å². The zero-order valence-corrected chi connectivity index (χ0v) is 11.6. The summed E-state index contributed by atoms with van der Waals surface area (Å²) in [7, 11) is 0. The standard InChI is InChI=1S/C15H21F2NO2/c1-10(19)11-4-6-18(7-5-11)9-15(20)13-3-2-12(16)8-14(13)17/h2-3,8,10-11,15,19-20H,4-7,9H2,1H3. The van der Waals surface area contributed by atoms with Crippen LogP contribution >= 0.6 is 0 Å². The molecule has 0 bridgehead atoms. The highest BCUT2D eigenvalue weighted by Crippen LogP contribution is 2.24. The van der Waals surface area contributed by atoms with Crippen LogP contribution in [0.5, 0.6) is 0 Å². The molecule has 0 aliphatic carbocycles. The number of halogens is 2. The van der Waals surface area contributed by atoms with E-state index in [0.29, 0.717) is 12.5 Å². The smallest absolute Gasteiger partial charge is 0.131 e. The van der Waals surface area contributed by atoms with Crippen molar-refractivity contribution < 1.29 is 19.0 Å². The minimum atomic E-state index is -0.960. The number of β-amino-alcohol motifs (C(OH)–C–C–N with tert-alkyl or cyclic N) is 1. The van der Waals surface area contributed by atoms with Crippen LogP contribution in [0.4, 0.5) is 8.78 Å². The first kappa shape index (κ1) is 15.4. The Kier molecular flexibility index (Phi) is 5.07. The van der Waals surface area contributed by atoms with E-state index in [0.717, 1.165) is 38.1 Å². The first-order valence-electron chi connectivity index (χ1n) is 7.01. The van der Waals surface area contributed by atoms with Crippen LogP contribution in [0, 0.1) is 17.6 Å². The molecule has 0 aromatic heterocycles. The largest absolute Gasteiger partial charge is 0.393 e. The maximum Gasteiger partial charge on any atom is 0.131 e. The molecule has 1 aromatic rings. The number of nitrogens with zero attached hydrogens (tertiary/aromatic N) is 1. The average molecular weight is 285 g/mol. The van der Waals surface area contributed by atoms with Crippen LogP contribution in [0.25, 0.3) is 0 Å². The fourth-order valence-electron chi connectivity index (χ4n) is 2.73. The number of piperidine rings is 1. The molecule has 2 rings (SSSR count). The van der Waals surface area contributed by atoms with Crippen LogP contribution in [0.2, 0.25) is 0 Å². The molecule has 2 N–H and O–H groups in total. The van der Waals surface area contributed by atoms with E-state index < -0.39 is 17.7 Å². The van der Waals surface area contributed by atoms with Gasteiger partial charge in [-0.05, 0) is 44.8 Å². The predicted molar refractivity (Wildman–Crippen MR) is 72.2 cm³/mol. The molecule has 2 unspecified atom stereocenters. The highest BCUT2D eigenvalue weighted by molar-refractivity contribution is 5.21. The molecule has 20 heavy (non-hydrogen) atoms. The molecule has 1 saturated heterocycles. The molecule has 0 spiro atoms. The third-order valence-electron chi connectivity index (χ3n) is 4.07. The lowest BCUT2D eigenvalue weighted by molar-refractivity contribution is 0.0477. The van der Waals surface area contributed by atoms with E-state index in [1.807, 2.05) is 4.90 Å². The lowest BCUT2D eigenvalue weighted by Crippen LogP contribution is -2.39. The van der Waals surface area contributed by atoms with Gasteiger partial charge in [-0.15, -0.1) is 0 Å². The van der Waals surface area contributed by atoms with E-state index in [9.17, 15) is 19.0 Å². The normalized spacial score (nSPS) is 20.9.